The van der Waals surface area contributed by atoms with E-state index in [0.717, 1.165) is 18.2 Å². The van der Waals surface area contributed by atoms with Gasteiger partial charge in [0.1, 0.15) is 5.75 Å². The number of nitrogens with zero attached hydrogens (tertiary/aromatic N) is 3. The van der Waals surface area contributed by atoms with Crippen molar-refractivity contribution in [3.8, 4) is 5.75 Å². The highest BCUT2D eigenvalue weighted by atomic mass is 16.5. The van der Waals surface area contributed by atoms with Gasteiger partial charge in [-0.3, -0.25) is 9.59 Å². The number of aromatic hydroxyl groups is 1. The number of aryl methyl sites for hydroxylation is 1. The molecule has 1 fully saturated rings. The number of ether oxygens (including phenoxy) is 1. The van der Waals surface area contributed by atoms with Crippen molar-refractivity contribution in [2.45, 2.75) is 45.8 Å². The van der Waals surface area contributed by atoms with E-state index >= 15 is 0 Å². The molecule has 4 rings (SSSR count). The Balaban J connectivity index is 1.62. The Morgan fingerprint density at radius 3 is 2.75 bits per heavy atom. The van der Waals surface area contributed by atoms with Gasteiger partial charge in [-0.2, -0.15) is 5.10 Å². The predicted molar refractivity (Wildman–Crippen MR) is 120 cm³/mol. The van der Waals surface area contributed by atoms with E-state index in [9.17, 15) is 14.7 Å². The van der Waals surface area contributed by atoms with Gasteiger partial charge in [0.15, 0.2) is 11.4 Å². The van der Waals surface area contributed by atoms with Gasteiger partial charge in [-0.25, -0.2) is 9.67 Å². The van der Waals surface area contributed by atoms with Crippen molar-refractivity contribution in [3.05, 3.63) is 47.3 Å². The number of aromatic nitrogens is 3. The number of phenolic OH excluding ortho intramolecular Hbond substituents is 1. The minimum absolute atomic E-state index is 0.0219. The van der Waals surface area contributed by atoms with Crippen LogP contribution in [0.1, 0.15) is 53.0 Å². The number of rotatable bonds is 7. The Labute approximate surface area is 185 Å². The average Bonchev–Trinajstić information content (AvgIpc) is 3.22. The number of phenols is 1. The van der Waals surface area contributed by atoms with E-state index in [1.165, 1.54) is 13.0 Å². The molecule has 0 radical (unpaired) electrons. The molecule has 168 valence electrons. The van der Waals surface area contributed by atoms with Crippen molar-refractivity contribution in [3.63, 3.8) is 0 Å². The summed E-state index contributed by atoms with van der Waals surface area (Å²) in [6, 6.07) is 4.79. The summed E-state index contributed by atoms with van der Waals surface area (Å²) in [4.78, 5) is 29.3. The van der Waals surface area contributed by atoms with E-state index in [1.807, 2.05) is 6.92 Å². The third-order valence-electron chi connectivity index (χ3n) is 5.71. The first-order valence-electron chi connectivity index (χ1n) is 10.8. The second-order valence-electron chi connectivity index (χ2n) is 7.86. The number of hydrogen-bond donors (Lipinski definition) is 3. The molecule has 1 aromatic carbocycles. The molecular formula is C23H27N5O4. The van der Waals surface area contributed by atoms with Gasteiger partial charge in [-0.05, 0) is 44.9 Å². The quantitative estimate of drug-likeness (QED) is 0.486. The van der Waals surface area contributed by atoms with Gasteiger partial charge in [0, 0.05) is 49.7 Å². The van der Waals surface area contributed by atoms with Crippen LogP contribution in [0.5, 0.6) is 5.75 Å². The molecule has 0 spiro atoms. The second kappa shape index (κ2) is 9.35. The lowest BCUT2D eigenvalue weighted by molar-refractivity contribution is 0.0903. The van der Waals surface area contributed by atoms with Crippen LogP contribution >= 0.6 is 0 Å². The topological polar surface area (TPSA) is 118 Å². The van der Waals surface area contributed by atoms with Crippen molar-refractivity contribution in [2.75, 3.05) is 18.5 Å². The first-order valence-corrected chi connectivity index (χ1v) is 10.8. The standard InChI is InChI=1S/C23H27N5O4/c1-3-28-22-18(13-26-28)21(27-17-6-8-32-9-7-17)19(12-24-22)23(31)25-11-16-10-15(14(2)29)4-5-20(16)30/h4-5,10,12-13,17,30H,3,6-9,11H2,1-2H3,(H,24,27)(H,25,31). The number of Topliss-reactive ketones (excluding diaryl/α,β-unsaturated/α-hetero) is 1. The van der Waals surface area contributed by atoms with Crippen molar-refractivity contribution in [1.82, 2.24) is 20.1 Å². The molecule has 9 nitrogen and oxygen atoms in total. The summed E-state index contributed by atoms with van der Waals surface area (Å²) in [6.07, 6.45) is 4.97. The number of anilines is 1. The van der Waals surface area contributed by atoms with E-state index in [2.05, 4.69) is 20.7 Å². The summed E-state index contributed by atoms with van der Waals surface area (Å²) < 4.78 is 7.24. The summed E-state index contributed by atoms with van der Waals surface area (Å²) >= 11 is 0. The third kappa shape index (κ3) is 4.43. The maximum Gasteiger partial charge on any atom is 0.255 e. The van der Waals surface area contributed by atoms with Crippen LogP contribution in [-0.4, -0.2) is 50.8 Å². The largest absolute Gasteiger partial charge is 0.508 e. The van der Waals surface area contributed by atoms with Crippen LogP contribution in [0.3, 0.4) is 0 Å². The summed E-state index contributed by atoms with van der Waals surface area (Å²) in [5.74, 6) is -0.414. The molecule has 32 heavy (non-hydrogen) atoms. The van der Waals surface area contributed by atoms with Crippen molar-refractivity contribution < 1.29 is 19.4 Å². The number of amides is 1. The monoisotopic (exact) mass is 437 g/mol. The number of pyridine rings is 1. The third-order valence-corrected chi connectivity index (χ3v) is 5.71. The minimum atomic E-state index is -0.328. The zero-order valence-electron chi connectivity index (χ0n) is 18.2. The van der Waals surface area contributed by atoms with E-state index in [4.69, 9.17) is 4.74 Å². The van der Waals surface area contributed by atoms with Crippen LogP contribution in [0.15, 0.2) is 30.6 Å². The number of ketones is 1. The summed E-state index contributed by atoms with van der Waals surface area (Å²) in [5.41, 5.74) is 2.76. The van der Waals surface area contributed by atoms with Crippen LogP contribution in [0.25, 0.3) is 11.0 Å². The number of nitrogens with one attached hydrogen (secondary N) is 2. The highest BCUT2D eigenvalue weighted by Gasteiger charge is 2.22. The van der Waals surface area contributed by atoms with Crippen molar-refractivity contribution in [1.29, 1.82) is 0 Å². The molecule has 1 aliphatic heterocycles. The molecule has 1 amide bonds. The van der Waals surface area contributed by atoms with Gasteiger partial charge < -0.3 is 20.5 Å². The Bertz CT molecular complexity index is 1150. The molecule has 1 saturated heterocycles. The first-order chi connectivity index (χ1) is 15.5. The number of fused-ring (bicyclic) bond motifs is 1. The fourth-order valence-electron chi connectivity index (χ4n) is 3.85. The summed E-state index contributed by atoms with van der Waals surface area (Å²) in [5, 5.41) is 21.7. The number of hydrogen-bond acceptors (Lipinski definition) is 7. The number of carbonyl (C=O) groups excluding carboxylic acids is 2. The fraction of sp³-hybridized carbons (Fsp3) is 0.391. The predicted octanol–water partition coefficient (Wildman–Crippen LogP) is 2.88. The highest BCUT2D eigenvalue weighted by Crippen LogP contribution is 2.28. The Morgan fingerprint density at radius 2 is 2.03 bits per heavy atom. The zero-order valence-corrected chi connectivity index (χ0v) is 18.2. The molecule has 0 saturated carbocycles. The molecular weight excluding hydrogens is 410 g/mol. The molecule has 0 atom stereocenters. The SMILES string of the molecule is CCn1ncc2c(NC3CCOCC3)c(C(=O)NCc3cc(C(C)=O)ccc3O)cnc21. The molecule has 3 heterocycles. The maximum absolute atomic E-state index is 13.1. The Kier molecular flexibility index (Phi) is 6.36. The Hall–Kier alpha value is -3.46. The molecule has 9 heteroatoms. The van der Waals surface area contributed by atoms with Crippen LogP contribution in [-0.2, 0) is 17.8 Å². The van der Waals surface area contributed by atoms with E-state index in [0.29, 0.717) is 47.8 Å². The molecule has 0 unspecified atom stereocenters. The molecule has 1 aliphatic rings. The smallest absolute Gasteiger partial charge is 0.255 e. The van der Waals surface area contributed by atoms with Gasteiger partial charge in [0.2, 0.25) is 0 Å². The lowest BCUT2D eigenvalue weighted by Gasteiger charge is -2.25. The van der Waals surface area contributed by atoms with Gasteiger partial charge in [0.05, 0.1) is 22.8 Å². The maximum atomic E-state index is 13.1. The normalized spacial score (nSPS) is 14.4. The zero-order chi connectivity index (χ0) is 22.7. The van der Waals surface area contributed by atoms with E-state index in [1.54, 1.807) is 29.2 Å². The summed E-state index contributed by atoms with van der Waals surface area (Å²) in [6.45, 7) is 5.54. The van der Waals surface area contributed by atoms with Gasteiger partial charge in [-0.1, -0.05) is 0 Å². The molecule has 0 bridgehead atoms. The van der Waals surface area contributed by atoms with Gasteiger partial charge >= 0.3 is 0 Å². The molecule has 0 aliphatic carbocycles. The molecule has 3 aromatic rings. The first kappa shape index (κ1) is 21.8. The average molecular weight is 438 g/mol. The van der Waals surface area contributed by atoms with Crippen LogP contribution in [0.2, 0.25) is 0 Å². The van der Waals surface area contributed by atoms with E-state index in [-0.39, 0.29) is 30.0 Å². The minimum Gasteiger partial charge on any atom is -0.508 e. The lowest BCUT2D eigenvalue weighted by atomic mass is 10.1. The fourth-order valence-corrected chi connectivity index (χ4v) is 3.85. The lowest BCUT2D eigenvalue weighted by Crippen LogP contribution is -2.30. The van der Waals surface area contributed by atoms with Gasteiger partial charge in [-0.15, -0.1) is 0 Å². The van der Waals surface area contributed by atoms with Crippen LogP contribution in [0, 0.1) is 0 Å². The Morgan fingerprint density at radius 1 is 1.25 bits per heavy atom. The molecule has 3 N–H and O–H groups in total. The molecule has 2 aromatic heterocycles. The summed E-state index contributed by atoms with van der Waals surface area (Å²) in [7, 11) is 0. The van der Waals surface area contributed by atoms with Gasteiger partial charge in [0.25, 0.3) is 5.91 Å². The van der Waals surface area contributed by atoms with E-state index < -0.39 is 0 Å². The van der Waals surface area contributed by atoms with Crippen LogP contribution in [0.4, 0.5) is 5.69 Å². The number of benzene rings is 1. The second-order valence-corrected chi connectivity index (χ2v) is 7.86. The van der Waals surface area contributed by atoms with Crippen LogP contribution < -0.4 is 10.6 Å². The number of carbonyl (C=O) groups is 2. The van der Waals surface area contributed by atoms with Crippen molar-refractivity contribution in [2.24, 2.45) is 0 Å². The highest BCUT2D eigenvalue weighted by molar-refractivity contribution is 6.06. The van der Waals surface area contributed by atoms with Crippen molar-refractivity contribution >= 4 is 28.4 Å².